The van der Waals surface area contributed by atoms with Crippen LogP contribution in [0.1, 0.15) is 6.92 Å². The fourth-order valence-corrected chi connectivity index (χ4v) is 2.51. The van der Waals surface area contributed by atoms with Crippen LogP contribution in [0.3, 0.4) is 0 Å². The number of benzene rings is 1. The largest absolute Gasteiger partial charge is 0.377 e. The summed E-state index contributed by atoms with van der Waals surface area (Å²) in [7, 11) is 0. The van der Waals surface area contributed by atoms with Crippen molar-refractivity contribution in [1.29, 1.82) is 0 Å². The number of morpholine rings is 1. The second kappa shape index (κ2) is 5.77. The van der Waals surface area contributed by atoms with Crippen LogP contribution < -0.4 is 4.90 Å². The van der Waals surface area contributed by atoms with Crippen LogP contribution in [0.15, 0.2) is 36.4 Å². The lowest BCUT2D eigenvalue weighted by Crippen LogP contribution is -2.44. The summed E-state index contributed by atoms with van der Waals surface area (Å²) in [6, 6.07) is 12.0. The zero-order valence-corrected chi connectivity index (χ0v) is 12.0. The van der Waals surface area contributed by atoms with Crippen LogP contribution in [0, 0.1) is 0 Å². The molecule has 1 unspecified atom stereocenters. The standard InChI is InChI=1S/C15H16ClN3O/c1-11-10-20-8-7-19(11)14-9-13(16)17-15(18-14)12-5-3-2-4-6-12/h2-6,9,11H,7-8,10H2,1H3. The number of nitrogens with zero attached hydrogens (tertiary/aromatic N) is 3. The summed E-state index contributed by atoms with van der Waals surface area (Å²) >= 11 is 6.16. The van der Waals surface area contributed by atoms with Crippen molar-refractivity contribution < 1.29 is 4.74 Å². The van der Waals surface area contributed by atoms with Gasteiger partial charge in [-0.25, -0.2) is 9.97 Å². The van der Waals surface area contributed by atoms with Gasteiger partial charge in [-0.1, -0.05) is 41.9 Å². The third kappa shape index (κ3) is 2.76. The van der Waals surface area contributed by atoms with Gasteiger partial charge in [-0.05, 0) is 6.92 Å². The first-order valence-corrected chi connectivity index (χ1v) is 7.06. The van der Waals surface area contributed by atoms with E-state index in [2.05, 4.69) is 21.8 Å². The minimum Gasteiger partial charge on any atom is -0.377 e. The summed E-state index contributed by atoms with van der Waals surface area (Å²) in [4.78, 5) is 11.2. The van der Waals surface area contributed by atoms with Gasteiger partial charge in [-0.2, -0.15) is 0 Å². The lowest BCUT2D eigenvalue weighted by atomic mass is 10.2. The number of hydrogen-bond donors (Lipinski definition) is 0. The van der Waals surface area contributed by atoms with Gasteiger partial charge in [0.2, 0.25) is 0 Å². The van der Waals surface area contributed by atoms with E-state index in [1.807, 2.05) is 36.4 Å². The predicted octanol–water partition coefficient (Wildman–Crippen LogP) is 3.02. The van der Waals surface area contributed by atoms with Crippen LogP contribution in [-0.2, 0) is 4.74 Å². The first kappa shape index (κ1) is 13.3. The van der Waals surface area contributed by atoms with Gasteiger partial charge in [0.1, 0.15) is 11.0 Å². The molecule has 0 bridgehead atoms. The molecule has 0 amide bonds. The quantitative estimate of drug-likeness (QED) is 0.797. The highest BCUT2D eigenvalue weighted by atomic mass is 35.5. The highest BCUT2D eigenvalue weighted by molar-refractivity contribution is 6.29. The maximum absolute atomic E-state index is 6.16. The van der Waals surface area contributed by atoms with E-state index in [4.69, 9.17) is 16.3 Å². The van der Waals surface area contributed by atoms with Gasteiger partial charge in [0.15, 0.2) is 5.82 Å². The normalized spacial score (nSPS) is 19.1. The van der Waals surface area contributed by atoms with Crippen molar-refractivity contribution in [3.8, 4) is 11.4 Å². The maximum Gasteiger partial charge on any atom is 0.163 e. The monoisotopic (exact) mass is 289 g/mol. The van der Waals surface area contributed by atoms with Crippen LogP contribution in [-0.4, -0.2) is 35.8 Å². The van der Waals surface area contributed by atoms with Crippen LogP contribution in [0.4, 0.5) is 5.82 Å². The third-order valence-electron chi connectivity index (χ3n) is 3.38. The Morgan fingerprint density at radius 2 is 2.05 bits per heavy atom. The Labute approximate surface area is 123 Å². The summed E-state index contributed by atoms with van der Waals surface area (Å²) in [5.41, 5.74) is 0.970. The number of ether oxygens (including phenoxy) is 1. The van der Waals surface area contributed by atoms with E-state index in [1.165, 1.54) is 0 Å². The Hall–Kier alpha value is -1.65. The van der Waals surface area contributed by atoms with Crippen molar-refractivity contribution in [2.45, 2.75) is 13.0 Å². The highest BCUT2D eigenvalue weighted by Gasteiger charge is 2.21. The second-order valence-electron chi connectivity index (χ2n) is 4.86. The van der Waals surface area contributed by atoms with Gasteiger partial charge in [-0.3, -0.25) is 0 Å². The van der Waals surface area contributed by atoms with Crippen molar-refractivity contribution in [3.05, 3.63) is 41.6 Å². The summed E-state index contributed by atoms with van der Waals surface area (Å²) in [6.07, 6.45) is 0. The molecule has 4 nitrogen and oxygen atoms in total. The molecular weight excluding hydrogens is 274 g/mol. The van der Waals surface area contributed by atoms with Gasteiger partial charge < -0.3 is 9.64 Å². The molecule has 3 rings (SSSR count). The topological polar surface area (TPSA) is 38.2 Å². The van der Waals surface area contributed by atoms with E-state index in [-0.39, 0.29) is 0 Å². The summed E-state index contributed by atoms with van der Waals surface area (Å²) < 4.78 is 5.46. The Morgan fingerprint density at radius 3 is 2.80 bits per heavy atom. The molecule has 20 heavy (non-hydrogen) atoms. The average molecular weight is 290 g/mol. The van der Waals surface area contributed by atoms with Gasteiger partial charge in [-0.15, -0.1) is 0 Å². The number of aromatic nitrogens is 2. The molecule has 0 radical (unpaired) electrons. The molecule has 2 heterocycles. The number of hydrogen-bond acceptors (Lipinski definition) is 4. The molecule has 1 aliphatic heterocycles. The molecule has 0 aliphatic carbocycles. The fourth-order valence-electron chi connectivity index (χ4n) is 2.34. The Bertz CT molecular complexity index is 591. The van der Waals surface area contributed by atoms with E-state index in [0.717, 1.165) is 17.9 Å². The maximum atomic E-state index is 6.16. The van der Waals surface area contributed by atoms with E-state index in [9.17, 15) is 0 Å². The van der Waals surface area contributed by atoms with Crippen molar-refractivity contribution in [2.75, 3.05) is 24.7 Å². The smallest absolute Gasteiger partial charge is 0.163 e. The molecule has 104 valence electrons. The highest BCUT2D eigenvalue weighted by Crippen LogP contribution is 2.24. The second-order valence-corrected chi connectivity index (χ2v) is 5.24. The van der Waals surface area contributed by atoms with E-state index >= 15 is 0 Å². The van der Waals surface area contributed by atoms with Gasteiger partial charge in [0.25, 0.3) is 0 Å². The average Bonchev–Trinajstić information content (AvgIpc) is 2.48. The Kier molecular flexibility index (Phi) is 3.85. The van der Waals surface area contributed by atoms with Gasteiger partial charge in [0.05, 0.1) is 19.3 Å². The molecular formula is C15H16ClN3O. The van der Waals surface area contributed by atoms with Crippen molar-refractivity contribution in [2.24, 2.45) is 0 Å². The lowest BCUT2D eigenvalue weighted by Gasteiger charge is -2.34. The molecule has 1 aromatic heterocycles. The van der Waals surface area contributed by atoms with Crippen molar-refractivity contribution in [1.82, 2.24) is 9.97 Å². The summed E-state index contributed by atoms with van der Waals surface area (Å²) in [6.45, 7) is 4.37. The Morgan fingerprint density at radius 1 is 1.25 bits per heavy atom. The van der Waals surface area contributed by atoms with Crippen LogP contribution >= 0.6 is 11.6 Å². The van der Waals surface area contributed by atoms with E-state index < -0.39 is 0 Å². The van der Waals surface area contributed by atoms with E-state index in [1.54, 1.807) is 0 Å². The Balaban J connectivity index is 1.98. The van der Waals surface area contributed by atoms with Crippen LogP contribution in [0.5, 0.6) is 0 Å². The number of halogens is 1. The molecule has 1 aromatic carbocycles. The number of rotatable bonds is 2. The molecule has 1 atom stereocenters. The third-order valence-corrected chi connectivity index (χ3v) is 3.57. The summed E-state index contributed by atoms with van der Waals surface area (Å²) in [5.74, 6) is 1.52. The minimum absolute atomic E-state index is 0.290. The zero-order valence-electron chi connectivity index (χ0n) is 11.3. The van der Waals surface area contributed by atoms with Gasteiger partial charge >= 0.3 is 0 Å². The zero-order chi connectivity index (χ0) is 13.9. The molecule has 0 N–H and O–H groups in total. The first-order chi connectivity index (χ1) is 9.74. The molecule has 1 fully saturated rings. The van der Waals surface area contributed by atoms with Crippen molar-refractivity contribution >= 4 is 17.4 Å². The molecule has 0 saturated carbocycles. The lowest BCUT2D eigenvalue weighted by molar-refractivity contribution is 0.0985. The molecule has 2 aromatic rings. The van der Waals surface area contributed by atoms with Crippen LogP contribution in [0.25, 0.3) is 11.4 Å². The minimum atomic E-state index is 0.290. The van der Waals surface area contributed by atoms with Gasteiger partial charge in [0, 0.05) is 18.2 Å². The molecule has 1 saturated heterocycles. The van der Waals surface area contributed by atoms with Crippen LogP contribution in [0.2, 0.25) is 5.15 Å². The first-order valence-electron chi connectivity index (χ1n) is 6.68. The summed E-state index contributed by atoms with van der Waals surface area (Å²) in [5, 5.41) is 0.465. The molecule has 5 heteroatoms. The number of anilines is 1. The molecule has 0 spiro atoms. The van der Waals surface area contributed by atoms with E-state index in [0.29, 0.717) is 30.2 Å². The molecule has 1 aliphatic rings. The fraction of sp³-hybridized carbons (Fsp3) is 0.333. The van der Waals surface area contributed by atoms with Crippen molar-refractivity contribution in [3.63, 3.8) is 0 Å². The SMILES string of the molecule is CC1COCCN1c1cc(Cl)nc(-c2ccccc2)n1. The predicted molar refractivity (Wildman–Crippen MR) is 80.1 cm³/mol.